The van der Waals surface area contributed by atoms with Crippen LogP contribution in [0.15, 0.2) is 67.1 Å². The van der Waals surface area contributed by atoms with Crippen LogP contribution in [-0.4, -0.2) is 27.3 Å². The van der Waals surface area contributed by atoms with Crippen LogP contribution >= 0.6 is 0 Å². The number of amides is 1. The van der Waals surface area contributed by atoms with Gasteiger partial charge in [0.05, 0.1) is 23.5 Å². The van der Waals surface area contributed by atoms with Crippen molar-refractivity contribution in [2.75, 3.05) is 11.9 Å². The first-order valence-electron chi connectivity index (χ1n) is 8.74. The summed E-state index contributed by atoms with van der Waals surface area (Å²) in [6.07, 6.45) is 6.02. The Labute approximate surface area is 152 Å². The summed E-state index contributed by atoms with van der Waals surface area (Å²) >= 11 is 0. The molecule has 5 heteroatoms. The molecule has 2 aromatic heterocycles. The lowest BCUT2D eigenvalue weighted by molar-refractivity contribution is 0.0734. The molecule has 0 unspecified atom stereocenters. The summed E-state index contributed by atoms with van der Waals surface area (Å²) in [6, 6.07) is 16.0. The van der Waals surface area contributed by atoms with Crippen molar-refractivity contribution in [2.24, 2.45) is 0 Å². The van der Waals surface area contributed by atoms with E-state index < -0.39 is 0 Å². The van der Waals surface area contributed by atoms with Gasteiger partial charge in [0.1, 0.15) is 0 Å². The molecule has 4 rings (SSSR count). The molecule has 0 aliphatic carbocycles. The molecular weight excluding hydrogens is 324 g/mol. The van der Waals surface area contributed by atoms with Crippen molar-refractivity contribution in [3.63, 3.8) is 0 Å². The lowest BCUT2D eigenvalue weighted by atomic mass is 9.99. The monoisotopic (exact) mass is 344 g/mol. The molecule has 1 aliphatic rings. The quantitative estimate of drug-likeness (QED) is 0.789. The third kappa shape index (κ3) is 3.57. The van der Waals surface area contributed by atoms with Gasteiger partial charge in [0, 0.05) is 31.7 Å². The molecular formula is C21H20N4O. The number of anilines is 1. The molecule has 1 N–H and O–H groups in total. The number of hydrogen-bond donors (Lipinski definition) is 1. The molecule has 0 spiro atoms. The van der Waals surface area contributed by atoms with Crippen LogP contribution in [0.2, 0.25) is 0 Å². The number of nitrogens with zero attached hydrogens (tertiary/aromatic N) is 3. The minimum Gasteiger partial charge on any atom is -0.378 e. The SMILES string of the molecule is O=C(c1cncc(NCc2ccccn2)c1)N1CCc2ccccc2C1. The van der Waals surface area contributed by atoms with Gasteiger partial charge in [0.25, 0.3) is 5.91 Å². The topological polar surface area (TPSA) is 58.1 Å². The average Bonchev–Trinajstić information content (AvgIpc) is 2.72. The third-order valence-electron chi connectivity index (χ3n) is 4.60. The van der Waals surface area contributed by atoms with Crippen LogP contribution in [-0.2, 0) is 19.5 Å². The van der Waals surface area contributed by atoms with E-state index in [0.29, 0.717) is 18.7 Å². The van der Waals surface area contributed by atoms with Crippen molar-refractivity contribution >= 4 is 11.6 Å². The van der Waals surface area contributed by atoms with E-state index in [1.807, 2.05) is 35.2 Å². The molecule has 1 aliphatic heterocycles. The Hall–Kier alpha value is -3.21. The molecule has 0 atom stereocenters. The maximum absolute atomic E-state index is 12.9. The number of nitrogens with one attached hydrogen (secondary N) is 1. The van der Waals surface area contributed by atoms with E-state index in [2.05, 4.69) is 33.5 Å². The highest BCUT2D eigenvalue weighted by Gasteiger charge is 2.21. The van der Waals surface area contributed by atoms with Crippen LogP contribution < -0.4 is 5.32 Å². The van der Waals surface area contributed by atoms with Crippen LogP contribution in [0.1, 0.15) is 27.2 Å². The first-order valence-corrected chi connectivity index (χ1v) is 8.74. The zero-order valence-electron chi connectivity index (χ0n) is 14.4. The summed E-state index contributed by atoms with van der Waals surface area (Å²) in [6.45, 7) is 1.99. The van der Waals surface area contributed by atoms with Crippen molar-refractivity contribution < 1.29 is 4.79 Å². The van der Waals surface area contributed by atoms with E-state index >= 15 is 0 Å². The maximum Gasteiger partial charge on any atom is 0.255 e. The fourth-order valence-corrected chi connectivity index (χ4v) is 3.20. The summed E-state index contributed by atoms with van der Waals surface area (Å²) < 4.78 is 0. The summed E-state index contributed by atoms with van der Waals surface area (Å²) in [5, 5.41) is 3.28. The molecule has 0 fully saturated rings. The van der Waals surface area contributed by atoms with Crippen LogP contribution in [0.3, 0.4) is 0 Å². The number of aromatic nitrogens is 2. The second kappa shape index (κ2) is 7.35. The number of benzene rings is 1. The van der Waals surface area contributed by atoms with Crippen molar-refractivity contribution in [3.8, 4) is 0 Å². The van der Waals surface area contributed by atoms with E-state index in [-0.39, 0.29) is 5.91 Å². The van der Waals surface area contributed by atoms with Gasteiger partial charge >= 0.3 is 0 Å². The molecule has 130 valence electrons. The molecule has 1 amide bonds. The van der Waals surface area contributed by atoms with Crippen LogP contribution in [0.25, 0.3) is 0 Å². The summed E-state index contributed by atoms with van der Waals surface area (Å²) in [4.78, 5) is 23.3. The Balaban J connectivity index is 1.45. The molecule has 0 saturated carbocycles. The number of rotatable bonds is 4. The zero-order valence-corrected chi connectivity index (χ0v) is 14.4. The number of pyridine rings is 2. The van der Waals surface area contributed by atoms with E-state index in [1.165, 1.54) is 11.1 Å². The van der Waals surface area contributed by atoms with Gasteiger partial charge in [-0.05, 0) is 35.7 Å². The van der Waals surface area contributed by atoms with Crippen LogP contribution in [0, 0.1) is 0 Å². The highest BCUT2D eigenvalue weighted by Crippen LogP contribution is 2.21. The van der Waals surface area contributed by atoms with E-state index in [1.54, 1.807) is 18.6 Å². The summed E-state index contributed by atoms with van der Waals surface area (Å²) in [7, 11) is 0. The van der Waals surface area contributed by atoms with Crippen LogP contribution in [0.5, 0.6) is 0 Å². The van der Waals surface area contributed by atoms with E-state index in [9.17, 15) is 4.79 Å². The van der Waals surface area contributed by atoms with Gasteiger partial charge in [-0.1, -0.05) is 30.3 Å². The van der Waals surface area contributed by atoms with Gasteiger partial charge in [-0.3, -0.25) is 14.8 Å². The average molecular weight is 344 g/mol. The Bertz CT molecular complexity index is 911. The second-order valence-electron chi connectivity index (χ2n) is 6.38. The molecule has 26 heavy (non-hydrogen) atoms. The van der Waals surface area contributed by atoms with Gasteiger partial charge in [0.15, 0.2) is 0 Å². The molecule has 0 saturated heterocycles. The zero-order chi connectivity index (χ0) is 17.8. The molecule has 1 aromatic carbocycles. The smallest absolute Gasteiger partial charge is 0.255 e. The van der Waals surface area contributed by atoms with Crippen molar-refractivity contribution in [3.05, 3.63) is 89.5 Å². The highest BCUT2D eigenvalue weighted by molar-refractivity contribution is 5.94. The van der Waals surface area contributed by atoms with Crippen molar-refractivity contribution in [1.82, 2.24) is 14.9 Å². The van der Waals surface area contributed by atoms with Gasteiger partial charge in [-0.2, -0.15) is 0 Å². The van der Waals surface area contributed by atoms with Gasteiger partial charge < -0.3 is 10.2 Å². The fraction of sp³-hybridized carbons (Fsp3) is 0.190. The third-order valence-corrected chi connectivity index (χ3v) is 4.60. The number of carbonyl (C=O) groups excluding carboxylic acids is 1. The molecule has 0 bridgehead atoms. The number of fused-ring (bicyclic) bond motifs is 1. The molecule has 0 radical (unpaired) electrons. The highest BCUT2D eigenvalue weighted by atomic mass is 16.2. The lowest BCUT2D eigenvalue weighted by Crippen LogP contribution is -2.36. The standard InChI is InChI=1S/C21H20N4O/c26-21(25-10-8-16-5-1-2-6-17(16)15-25)18-11-20(13-22-12-18)24-14-19-7-3-4-9-23-19/h1-7,9,11-13,24H,8,10,14-15H2. The largest absolute Gasteiger partial charge is 0.378 e. The van der Waals surface area contributed by atoms with Gasteiger partial charge in [-0.25, -0.2) is 0 Å². The van der Waals surface area contributed by atoms with Gasteiger partial charge in [0.2, 0.25) is 0 Å². The molecule has 3 aromatic rings. The minimum absolute atomic E-state index is 0.0217. The Morgan fingerprint density at radius 1 is 1.08 bits per heavy atom. The summed E-state index contributed by atoms with van der Waals surface area (Å²) in [5.74, 6) is 0.0217. The fourth-order valence-electron chi connectivity index (χ4n) is 3.20. The lowest BCUT2D eigenvalue weighted by Gasteiger charge is -2.29. The first kappa shape index (κ1) is 16.3. The van der Waals surface area contributed by atoms with E-state index in [4.69, 9.17) is 0 Å². The first-order chi connectivity index (χ1) is 12.8. The number of hydrogen-bond acceptors (Lipinski definition) is 4. The van der Waals surface area contributed by atoms with E-state index in [0.717, 1.165) is 24.3 Å². The van der Waals surface area contributed by atoms with Crippen LogP contribution in [0.4, 0.5) is 5.69 Å². The second-order valence-corrected chi connectivity index (χ2v) is 6.38. The Morgan fingerprint density at radius 3 is 2.77 bits per heavy atom. The minimum atomic E-state index is 0.0217. The molecule has 5 nitrogen and oxygen atoms in total. The maximum atomic E-state index is 12.9. The van der Waals surface area contributed by atoms with Crippen molar-refractivity contribution in [1.29, 1.82) is 0 Å². The Morgan fingerprint density at radius 2 is 1.92 bits per heavy atom. The summed E-state index contributed by atoms with van der Waals surface area (Å²) in [5.41, 5.74) is 4.93. The Kier molecular flexibility index (Phi) is 4.60. The van der Waals surface area contributed by atoms with Gasteiger partial charge in [-0.15, -0.1) is 0 Å². The van der Waals surface area contributed by atoms with Crippen molar-refractivity contribution in [2.45, 2.75) is 19.5 Å². The predicted molar refractivity (Wildman–Crippen MR) is 101 cm³/mol. The number of carbonyl (C=O) groups is 1. The normalized spacial score (nSPS) is 13.2. The predicted octanol–water partition coefficient (Wildman–Crippen LogP) is 3.29. The molecule has 3 heterocycles.